The van der Waals surface area contributed by atoms with E-state index in [-0.39, 0.29) is 5.56 Å². The summed E-state index contributed by atoms with van der Waals surface area (Å²) in [5, 5.41) is 8.79. The Morgan fingerprint density at radius 1 is 1.77 bits per heavy atom. The summed E-state index contributed by atoms with van der Waals surface area (Å²) in [5.41, 5.74) is 0.852. The molecule has 4 nitrogen and oxygen atoms in total. The van der Waals surface area contributed by atoms with Crippen LogP contribution >= 0.6 is 12.2 Å². The van der Waals surface area contributed by atoms with E-state index < -0.39 is 5.97 Å². The molecule has 0 aliphatic rings. The van der Waals surface area contributed by atoms with Gasteiger partial charge in [0.15, 0.2) is 4.77 Å². The molecule has 70 valence electrons. The third-order valence-corrected chi connectivity index (χ3v) is 1.83. The van der Waals surface area contributed by atoms with Crippen LogP contribution in [-0.4, -0.2) is 21.0 Å². The summed E-state index contributed by atoms with van der Waals surface area (Å²) in [4.78, 5) is 17.2. The number of rotatable bonds is 3. The van der Waals surface area contributed by atoms with Gasteiger partial charge in [-0.25, -0.2) is 9.78 Å². The minimum absolute atomic E-state index is 0.204. The summed E-state index contributed by atoms with van der Waals surface area (Å²) in [7, 11) is 0. The zero-order chi connectivity index (χ0) is 9.84. The molecular weight excluding hydrogens is 188 g/mol. The van der Waals surface area contributed by atoms with Crippen molar-refractivity contribution in [2.75, 3.05) is 0 Å². The first kappa shape index (κ1) is 9.85. The van der Waals surface area contributed by atoms with E-state index >= 15 is 0 Å². The number of aryl methyl sites for hydroxylation is 1. The average molecular weight is 198 g/mol. The summed E-state index contributed by atoms with van der Waals surface area (Å²) >= 11 is 4.80. The van der Waals surface area contributed by atoms with Gasteiger partial charge in [-0.15, -0.1) is 0 Å². The minimum Gasteiger partial charge on any atom is -0.478 e. The van der Waals surface area contributed by atoms with Crippen LogP contribution in [0.2, 0.25) is 0 Å². The van der Waals surface area contributed by atoms with Crippen molar-refractivity contribution in [3.8, 4) is 0 Å². The summed E-state index contributed by atoms with van der Waals surface area (Å²) in [5.74, 6) is -0.970. The maximum absolute atomic E-state index is 10.7. The van der Waals surface area contributed by atoms with Crippen LogP contribution in [0.3, 0.4) is 0 Å². The lowest BCUT2D eigenvalue weighted by molar-refractivity contribution is 0.0694. The highest BCUT2D eigenvalue weighted by atomic mass is 32.1. The first-order valence-corrected chi connectivity index (χ1v) is 4.37. The van der Waals surface area contributed by atoms with Gasteiger partial charge in [-0.1, -0.05) is 13.3 Å². The molecule has 0 amide bonds. The number of nitrogens with zero attached hydrogens (tertiary/aromatic N) is 1. The molecule has 0 fully saturated rings. The molecule has 0 spiro atoms. The fraction of sp³-hybridized carbons (Fsp3) is 0.375. The van der Waals surface area contributed by atoms with Gasteiger partial charge in [0.05, 0.1) is 5.56 Å². The van der Waals surface area contributed by atoms with Crippen LogP contribution < -0.4 is 0 Å². The Balaban J connectivity index is 3.18. The van der Waals surface area contributed by atoms with Gasteiger partial charge in [-0.05, 0) is 18.6 Å². The maximum atomic E-state index is 10.7. The number of nitrogens with one attached hydrogen (secondary N) is 1. The molecule has 2 N–H and O–H groups in total. The van der Waals surface area contributed by atoms with Gasteiger partial charge in [0, 0.05) is 11.9 Å². The van der Waals surface area contributed by atoms with Gasteiger partial charge in [-0.2, -0.15) is 0 Å². The highest BCUT2D eigenvalue weighted by Gasteiger charge is 2.09. The van der Waals surface area contributed by atoms with Crippen LogP contribution in [0.15, 0.2) is 6.20 Å². The highest BCUT2D eigenvalue weighted by molar-refractivity contribution is 7.71. The Morgan fingerprint density at radius 3 is 3.00 bits per heavy atom. The molecule has 0 unspecified atom stereocenters. The van der Waals surface area contributed by atoms with Crippen molar-refractivity contribution >= 4 is 18.2 Å². The maximum Gasteiger partial charge on any atom is 0.339 e. The second kappa shape index (κ2) is 4.13. The zero-order valence-corrected chi connectivity index (χ0v) is 8.02. The number of aromatic amines is 1. The predicted molar refractivity (Wildman–Crippen MR) is 50.4 cm³/mol. The van der Waals surface area contributed by atoms with Gasteiger partial charge in [-0.3, -0.25) is 0 Å². The molecule has 1 heterocycles. The van der Waals surface area contributed by atoms with Crippen LogP contribution in [0.1, 0.15) is 29.4 Å². The molecule has 0 aliphatic heterocycles. The van der Waals surface area contributed by atoms with E-state index in [1.807, 2.05) is 6.92 Å². The highest BCUT2D eigenvalue weighted by Crippen LogP contribution is 2.06. The number of hydrogen-bond donors (Lipinski definition) is 2. The Bertz CT molecular complexity index is 373. The number of H-pyrrole nitrogens is 1. The van der Waals surface area contributed by atoms with E-state index in [0.717, 1.165) is 6.42 Å². The first-order chi connectivity index (χ1) is 6.15. The first-order valence-electron chi connectivity index (χ1n) is 3.96. The number of carboxylic acids is 1. The third kappa shape index (κ3) is 2.35. The summed E-state index contributed by atoms with van der Waals surface area (Å²) in [6.07, 6.45) is 2.84. The third-order valence-electron chi connectivity index (χ3n) is 1.62. The van der Waals surface area contributed by atoms with Crippen molar-refractivity contribution in [1.29, 1.82) is 0 Å². The lowest BCUT2D eigenvalue weighted by Crippen LogP contribution is -2.06. The van der Waals surface area contributed by atoms with Gasteiger partial charge in [0.2, 0.25) is 0 Å². The molecule has 1 rings (SSSR count). The van der Waals surface area contributed by atoms with E-state index in [1.54, 1.807) is 0 Å². The van der Waals surface area contributed by atoms with Crippen LogP contribution in [0, 0.1) is 4.77 Å². The van der Waals surface area contributed by atoms with Crippen molar-refractivity contribution in [2.45, 2.75) is 19.8 Å². The average Bonchev–Trinajstić information content (AvgIpc) is 2.04. The standard InChI is InChI=1S/C8H10N2O2S/c1-2-3-6-5(7(11)12)4-9-8(13)10-6/h4H,2-3H2,1H3,(H,11,12)(H,9,10,13). The molecule has 0 aromatic carbocycles. The van der Waals surface area contributed by atoms with Gasteiger partial charge >= 0.3 is 5.97 Å². The molecule has 5 heteroatoms. The Labute approximate surface area is 80.6 Å². The topological polar surface area (TPSA) is 66.0 Å². The lowest BCUT2D eigenvalue weighted by Gasteiger charge is -2.02. The Morgan fingerprint density at radius 2 is 2.46 bits per heavy atom. The van der Waals surface area contributed by atoms with Gasteiger partial charge in [0.1, 0.15) is 0 Å². The number of aromatic nitrogens is 2. The quantitative estimate of drug-likeness (QED) is 0.727. The van der Waals surface area contributed by atoms with E-state index in [9.17, 15) is 4.79 Å². The second-order valence-corrected chi connectivity index (χ2v) is 3.02. The summed E-state index contributed by atoms with van der Waals surface area (Å²) < 4.78 is 0.327. The van der Waals surface area contributed by atoms with Crippen molar-refractivity contribution in [3.63, 3.8) is 0 Å². The molecule has 0 aliphatic carbocycles. The summed E-state index contributed by atoms with van der Waals surface area (Å²) in [6, 6.07) is 0. The zero-order valence-electron chi connectivity index (χ0n) is 7.20. The molecule has 0 atom stereocenters. The van der Waals surface area contributed by atoms with Crippen molar-refractivity contribution < 1.29 is 9.90 Å². The number of hydrogen-bond acceptors (Lipinski definition) is 3. The van der Waals surface area contributed by atoms with E-state index in [1.165, 1.54) is 6.20 Å². The van der Waals surface area contributed by atoms with Crippen LogP contribution in [0.4, 0.5) is 0 Å². The van der Waals surface area contributed by atoms with Crippen LogP contribution in [0.5, 0.6) is 0 Å². The molecule has 1 aromatic rings. The van der Waals surface area contributed by atoms with Crippen molar-refractivity contribution in [3.05, 3.63) is 22.2 Å². The fourth-order valence-corrected chi connectivity index (χ4v) is 1.24. The SMILES string of the molecule is CCCc1[nH]c(=S)ncc1C(=O)O. The molecule has 0 saturated heterocycles. The monoisotopic (exact) mass is 198 g/mol. The minimum atomic E-state index is -0.970. The molecular formula is C8H10N2O2S. The number of aromatic carboxylic acids is 1. The largest absolute Gasteiger partial charge is 0.478 e. The fourth-order valence-electron chi connectivity index (χ4n) is 1.06. The van der Waals surface area contributed by atoms with Crippen LogP contribution in [0.25, 0.3) is 0 Å². The van der Waals surface area contributed by atoms with Crippen LogP contribution in [-0.2, 0) is 6.42 Å². The van der Waals surface area contributed by atoms with Crippen molar-refractivity contribution in [2.24, 2.45) is 0 Å². The summed E-state index contributed by atoms with van der Waals surface area (Å²) in [6.45, 7) is 1.98. The van der Waals surface area contributed by atoms with E-state index in [2.05, 4.69) is 9.97 Å². The number of carboxylic acid groups (broad SMARTS) is 1. The van der Waals surface area contributed by atoms with Gasteiger partial charge in [0.25, 0.3) is 0 Å². The molecule has 13 heavy (non-hydrogen) atoms. The predicted octanol–water partition coefficient (Wildman–Crippen LogP) is 1.79. The van der Waals surface area contributed by atoms with Crippen molar-refractivity contribution in [1.82, 2.24) is 9.97 Å². The second-order valence-electron chi connectivity index (χ2n) is 2.64. The van der Waals surface area contributed by atoms with E-state index in [0.29, 0.717) is 16.9 Å². The van der Waals surface area contributed by atoms with Gasteiger partial charge < -0.3 is 10.1 Å². The Kier molecular flexibility index (Phi) is 3.13. The molecule has 1 aromatic heterocycles. The normalized spacial score (nSPS) is 9.92. The lowest BCUT2D eigenvalue weighted by atomic mass is 10.1. The molecule has 0 bridgehead atoms. The number of carbonyl (C=O) groups is 1. The molecule has 0 saturated carbocycles. The molecule has 0 radical (unpaired) electrons. The van der Waals surface area contributed by atoms with E-state index in [4.69, 9.17) is 17.3 Å². The Hall–Kier alpha value is -1.23. The smallest absolute Gasteiger partial charge is 0.339 e.